The van der Waals surface area contributed by atoms with Crippen LogP contribution >= 0.6 is 11.6 Å². The van der Waals surface area contributed by atoms with Crippen LogP contribution in [0.2, 0.25) is 5.02 Å². The van der Waals surface area contributed by atoms with Gasteiger partial charge in [-0.2, -0.15) is 0 Å². The van der Waals surface area contributed by atoms with Gasteiger partial charge >= 0.3 is 5.97 Å². The van der Waals surface area contributed by atoms with Gasteiger partial charge in [0.2, 0.25) is 15.9 Å². The van der Waals surface area contributed by atoms with E-state index in [-0.39, 0.29) is 35.0 Å². The zero-order valence-electron chi connectivity index (χ0n) is 16.7. The van der Waals surface area contributed by atoms with Gasteiger partial charge in [0.1, 0.15) is 11.9 Å². The van der Waals surface area contributed by atoms with E-state index in [1.807, 2.05) is 0 Å². The molecule has 1 amide bonds. The molecule has 0 heterocycles. The Morgan fingerprint density at radius 2 is 1.80 bits per heavy atom. The zero-order chi connectivity index (χ0) is 22.5. The molecular formula is C20H22ClFN2O5S. The number of carbonyl (C=O) groups excluding carboxylic acids is 2. The van der Waals surface area contributed by atoms with Gasteiger partial charge in [0, 0.05) is 5.69 Å². The molecular weight excluding hydrogens is 435 g/mol. The average molecular weight is 457 g/mol. The van der Waals surface area contributed by atoms with E-state index in [0.29, 0.717) is 0 Å². The first-order valence-electron chi connectivity index (χ1n) is 9.11. The van der Waals surface area contributed by atoms with Gasteiger partial charge in [0.15, 0.2) is 0 Å². The summed E-state index contributed by atoms with van der Waals surface area (Å²) in [5.74, 6) is -1.79. The molecule has 2 aromatic rings. The molecule has 1 unspecified atom stereocenters. The van der Waals surface area contributed by atoms with Crippen molar-refractivity contribution in [2.75, 3.05) is 22.5 Å². The first kappa shape index (κ1) is 23.6. The quantitative estimate of drug-likeness (QED) is 0.609. The summed E-state index contributed by atoms with van der Waals surface area (Å²) >= 11 is 6.02. The van der Waals surface area contributed by atoms with Crippen molar-refractivity contribution >= 4 is 44.9 Å². The maximum Gasteiger partial charge on any atom is 0.339 e. The summed E-state index contributed by atoms with van der Waals surface area (Å²) in [6.07, 6.45) is 1.11. The van der Waals surface area contributed by atoms with E-state index in [0.717, 1.165) is 22.7 Å². The largest absolute Gasteiger partial charge is 0.462 e. The molecule has 2 rings (SSSR count). The minimum Gasteiger partial charge on any atom is -0.462 e. The third-order valence-corrected chi connectivity index (χ3v) is 5.65. The Kier molecular flexibility index (Phi) is 7.80. The van der Waals surface area contributed by atoms with Crippen LogP contribution < -0.4 is 9.62 Å². The van der Waals surface area contributed by atoms with Crippen molar-refractivity contribution in [2.45, 2.75) is 26.3 Å². The Balaban J connectivity index is 2.36. The third-order valence-electron chi connectivity index (χ3n) is 4.14. The molecule has 0 saturated heterocycles. The average Bonchev–Trinajstić information content (AvgIpc) is 2.67. The molecule has 0 fully saturated rings. The van der Waals surface area contributed by atoms with Gasteiger partial charge in [-0.25, -0.2) is 17.6 Å². The lowest BCUT2D eigenvalue weighted by Crippen LogP contribution is -2.47. The number of hydrogen-bond donors (Lipinski definition) is 1. The summed E-state index contributed by atoms with van der Waals surface area (Å²) in [5, 5.41) is 2.76. The van der Waals surface area contributed by atoms with Gasteiger partial charge < -0.3 is 10.1 Å². The number of sulfonamides is 1. The number of anilines is 2. The molecule has 1 atom stereocenters. The molecule has 162 valence electrons. The van der Waals surface area contributed by atoms with E-state index in [4.69, 9.17) is 16.3 Å². The number of esters is 1. The fourth-order valence-electron chi connectivity index (χ4n) is 2.84. The van der Waals surface area contributed by atoms with Gasteiger partial charge in [0.25, 0.3) is 0 Å². The van der Waals surface area contributed by atoms with Gasteiger partial charge in [-0.3, -0.25) is 9.10 Å². The van der Waals surface area contributed by atoms with Crippen molar-refractivity contribution in [3.8, 4) is 0 Å². The van der Waals surface area contributed by atoms with Crippen molar-refractivity contribution in [1.82, 2.24) is 0 Å². The molecule has 30 heavy (non-hydrogen) atoms. The molecule has 1 N–H and O–H groups in total. The second-order valence-corrected chi connectivity index (χ2v) is 8.63. The minimum atomic E-state index is -3.86. The lowest BCUT2D eigenvalue weighted by Gasteiger charge is -2.30. The SMILES string of the molecule is CCOC(=O)c1cc(NC(=O)C(CC)N(c2ccc(F)cc2)S(C)(=O)=O)ccc1Cl. The van der Waals surface area contributed by atoms with E-state index in [1.165, 1.54) is 30.3 Å². The lowest BCUT2D eigenvalue weighted by atomic mass is 10.1. The normalized spacial score (nSPS) is 12.2. The summed E-state index contributed by atoms with van der Waals surface area (Å²) in [7, 11) is -3.86. The van der Waals surface area contributed by atoms with Crippen LogP contribution in [0.5, 0.6) is 0 Å². The molecule has 0 spiro atoms. The Hall–Kier alpha value is -2.65. The molecule has 10 heteroatoms. The summed E-state index contributed by atoms with van der Waals surface area (Å²) in [4.78, 5) is 24.9. The number of carbonyl (C=O) groups is 2. The highest BCUT2D eigenvalue weighted by Crippen LogP contribution is 2.25. The van der Waals surface area contributed by atoms with Crippen molar-refractivity contribution in [3.63, 3.8) is 0 Å². The number of benzene rings is 2. The number of amides is 1. The Bertz CT molecular complexity index is 1030. The predicted molar refractivity (Wildman–Crippen MR) is 114 cm³/mol. The second-order valence-electron chi connectivity index (χ2n) is 6.36. The highest BCUT2D eigenvalue weighted by Gasteiger charge is 2.31. The molecule has 7 nitrogen and oxygen atoms in total. The third kappa shape index (κ3) is 5.70. The van der Waals surface area contributed by atoms with Gasteiger partial charge in [-0.1, -0.05) is 18.5 Å². The van der Waals surface area contributed by atoms with Crippen LogP contribution in [0, 0.1) is 5.82 Å². The number of nitrogens with one attached hydrogen (secondary N) is 1. The number of halogens is 2. The zero-order valence-corrected chi connectivity index (χ0v) is 18.3. The standard InChI is InChI=1S/C20H22ClFN2O5S/c1-4-18(24(30(3,27)28)15-9-6-13(22)7-10-15)19(25)23-14-8-11-17(21)16(12-14)20(26)29-5-2/h6-12,18H,4-5H2,1-3H3,(H,23,25). The van der Waals surface area contributed by atoms with Crippen LogP contribution in [0.4, 0.5) is 15.8 Å². The van der Waals surface area contributed by atoms with E-state index >= 15 is 0 Å². The highest BCUT2D eigenvalue weighted by molar-refractivity contribution is 7.92. The van der Waals surface area contributed by atoms with E-state index in [1.54, 1.807) is 13.8 Å². The van der Waals surface area contributed by atoms with E-state index < -0.39 is 33.8 Å². The first-order valence-corrected chi connectivity index (χ1v) is 11.3. The van der Waals surface area contributed by atoms with Gasteiger partial charge in [-0.05, 0) is 55.8 Å². The van der Waals surface area contributed by atoms with Crippen LogP contribution in [0.1, 0.15) is 30.6 Å². The topological polar surface area (TPSA) is 92.8 Å². The molecule has 0 radical (unpaired) electrons. The Morgan fingerprint density at radius 3 is 2.33 bits per heavy atom. The lowest BCUT2D eigenvalue weighted by molar-refractivity contribution is -0.117. The first-order chi connectivity index (χ1) is 14.1. The van der Waals surface area contributed by atoms with Crippen molar-refractivity contribution in [1.29, 1.82) is 0 Å². The monoisotopic (exact) mass is 456 g/mol. The Morgan fingerprint density at radius 1 is 1.17 bits per heavy atom. The fraction of sp³-hybridized carbons (Fsp3) is 0.300. The molecule has 0 bridgehead atoms. The van der Waals surface area contributed by atoms with Crippen LogP contribution in [0.15, 0.2) is 42.5 Å². The van der Waals surface area contributed by atoms with Crippen LogP contribution in [0.3, 0.4) is 0 Å². The summed E-state index contributed by atoms with van der Waals surface area (Å²) < 4.78 is 44.0. The van der Waals surface area contributed by atoms with Crippen molar-refractivity contribution in [3.05, 3.63) is 58.9 Å². The molecule has 0 aliphatic heterocycles. The Labute approximate surface area is 179 Å². The van der Waals surface area contributed by atoms with Crippen LogP contribution in [-0.2, 0) is 19.6 Å². The van der Waals surface area contributed by atoms with E-state index in [2.05, 4.69) is 5.32 Å². The molecule has 2 aromatic carbocycles. The predicted octanol–water partition coefficient (Wildman–Crippen LogP) is 3.84. The second kappa shape index (κ2) is 9.90. The van der Waals surface area contributed by atoms with Gasteiger partial charge in [0.05, 0.1) is 29.1 Å². The molecule has 0 aliphatic carbocycles. The summed E-state index contributed by atoms with van der Waals surface area (Å²) in [6.45, 7) is 3.46. The number of rotatable bonds is 8. The maximum absolute atomic E-state index is 13.3. The number of nitrogens with zero attached hydrogens (tertiary/aromatic N) is 1. The minimum absolute atomic E-state index is 0.0721. The molecule has 0 saturated carbocycles. The summed E-state index contributed by atoms with van der Waals surface area (Å²) in [6, 6.07) is 7.96. The number of ether oxygens (including phenoxy) is 1. The molecule has 0 aliphatic rings. The van der Waals surface area contributed by atoms with Crippen molar-refractivity contribution < 1.29 is 27.1 Å². The van der Waals surface area contributed by atoms with Gasteiger partial charge in [-0.15, -0.1) is 0 Å². The maximum atomic E-state index is 13.3. The van der Waals surface area contributed by atoms with E-state index in [9.17, 15) is 22.4 Å². The highest BCUT2D eigenvalue weighted by atomic mass is 35.5. The van der Waals surface area contributed by atoms with Crippen molar-refractivity contribution in [2.24, 2.45) is 0 Å². The number of hydrogen-bond acceptors (Lipinski definition) is 5. The fourth-order valence-corrected chi connectivity index (χ4v) is 4.25. The van der Waals surface area contributed by atoms with Crippen LogP contribution in [-0.4, -0.2) is 39.2 Å². The van der Waals surface area contributed by atoms with Crippen LogP contribution in [0.25, 0.3) is 0 Å². The molecule has 0 aromatic heterocycles. The smallest absolute Gasteiger partial charge is 0.339 e. The summed E-state index contributed by atoms with van der Waals surface area (Å²) in [5.41, 5.74) is 0.477.